The molecule has 0 spiro atoms. The number of esters is 6. The van der Waals surface area contributed by atoms with Crippen molar-refractivity contribution in [2.24, 2.45) is 0 Å². The molecule has 4 rings (SSSR count). The van der Waals surface area contributed by atoms with E-state index in [1.807, 2.05) is 30.3 Å². The highest BCUT2D eigenvalue weighted by Gasteiger charge is 2.24. The molecule has 0 saturated heterocycles. The summed E-state index contributed by atoms with van der Waals surface area (Å²) in [4.78, 5) is 76.4. The van der Waals surface area contributed by atoms with Gasteiger partial charge >= 0.3 is 35.8 Å². The lowest BCUT2D eigenvalue weighted by atomic mass is 9.97. The maximum Gasteiger partial charge on any atom is 0.339 e. The average molecular weight is 789 g/mol. The topological polar surface area (TPSA) is 176 Å². The van der Waals surface area contributed by atoms with E-state index >= 15 is 0 Å². The smallest absolute Gasteiger partial charge is 0.339 e. The van der Waals surface area contributed by atoms with Gasteiger partial charge in [-0.3, -0.25) is 24.0 Å². The van der Waals surface area contributed by atoms with Gasteiger partial charge in [0, 0.05) is 33.3 Å². The van der Waals surface area contributed by atoms with Crippen molar-refractivity contribution < 1.29 is 66.7 Å². The zero-order valence-electron chi connectivity index (χ0n) is 32.8. The first-order valence-corrected chi connectivity index (χ1v) is 18.4. The quantitative estimate of drug-likeness (QED) is 0.0308. The van der Waals surface area contributed by atoms with E-state index in [-0.39, 0.29) is 43.8 Å². The minimum absolute atomic E-state index is 0.0711. The number of benzene rings is 4. The molecule has 4 aromatic carbocycles. The van der Waals surface area contributed by atoms with Crippen molar-refractivity contribution in [3.63, 3.8) is 0 Å². The van der Waals surface area contributed by atoms with Crippen LogP contribution in [0.1, 0.15) is 75.2 Å². The van der Waals surface area contributed by atoms with Crippen LogP contribution in [0.4, 0.5) is 0 Å². The van der Waals surface area contributed by atoms with Crippen molar-refractivity contribution in [2.75, 3.05) is 34.0 Å². The van der Waals surface area contributed by atoms with E-state index in [9.17, 15) is 28.8 Å². The summed E-state index contributed by atoms with van der Waals surface area (Å²) in [7, 11) is 3.01. The molecule has 0 N–H and O–H groups in total. The lowest BCUT2D eigenvalue weighted by Gasteiger charge is -2.20. The number of methoxy groups -OCH3 is 2. The van der Waals surface area contributed by atoms with Gasteiger partial charge in [0.25, 0.3) is 0 Å². The molecule has 0 radical (unpaired) electrons. The predicted octanol–water partition coefficient (Wildman–Crippen LogP) is 6.59. The number of carbonyl (C=O) groups excluding carboxylic acids is 6. The molecule has 57 heavy (non-hydrogen) atoms. The zero-order chi connectivity index (χ0) is 41.4. The van der Waals surface area contributed by atoms with Crippen LogP contribution in [0.3, 0.4) is 0 Å². The molecule has 0 aliphatic carbocycles. The van der Waals surface area contributed by atoms with Crippen LogP contribution in [0.15, 0.2) is 72.8 Å². The van der Waals surface area contributed by atoms with E-state index in [1.54, 1.807) is 51.1 Å². The van der Waals surface area contributed by atoms with E-state index in [2.05, 4.69) is 0 Å². The standard InChI is InChI=1S/C43H48O14/c1-43(2,3)57-40(48)19-18-39(47)56-33(27-53-42(49)41-34-13-8-6-11-29(34)23-30-12-7-9-14-35(30)41)26-52-36(44)16-17-38(46)55-32-22-28(25-51-5)21-31(24-32)54-37(45)15-10-20-50-4/h6-9,11-14,21-24,33H,10,15-20,25-27H2,1-5H3. The highest BCUT2D eigenvalue weighted by molar-refractivity contribution is 6.16. The monoisotopic (exact) mass is 788 g/mol. The van der Waals surface area contributed by atoms with Crippen LogP contribution in [0.25, 0.3) is 21.5 Å². The molecule has 0 aliphatic rings. The predicted molar refractivity (Wildman–Crippen MR) is 206 cm³/mol. The minimum atomic E-state index is -1.25. The van der Waals surface area contributed by atoms with E-state index in [0.717, 1.165) is 10.8 Å². The third-order valence-electron chi connectivity index (χ3n) is 8.03. The second-order valence-electron chi connectivity index (χ2n) is 14.0. The summed E-state index contributed by atoms with van der Waals surface area (Å²) in [5, 5.41) is 2.96. The number of ether oxygens (including phenoxy) is 8. The molecule has 0 aliphatic heterocycles. The average Bonchev–Trinajstić information content (AvgIpc) is 3.15. The summed E-state index contributed by atoms with van der Waals surface area (Å²) in [6, 6.07) is 21.1. The third-order valence-corrected chi connectivity index (χ3v) is 8.03. The van der Waals surface area contributed by atoms with Gasteiger partial charge in [-0.1, -0.05) is 48.5 Å². The van der Waals surface area contributed by atoms with Gasteiger partial charge in [0.1, 0.15) is 30.3 Å². The molecule has 0 saturated carbocycles. The second-order valence-corrected chi connectivity index (χ2v) is 14.0. The Morgan fingerprint density at radius 1 is 0.596 bits per heavy atom. The van der Waals surface area contributed by atoms with Crippen molar-refractivity contribution in [1.82, 2.24) is 0 Å². The van der Waals surface area contributed by atoms with Crippen LogP contribution in [0.2, 0.25) is 0 Å². The molecule has 0 bridgehead atoms. The van der Waals surface area contributed by atoms with Gasteiger partial charge in [-0.2, -0.15) is 0 Å². The summed E-state index contributed by atoms with van der Waals surface area (Å²) in [5.74, 6) is -3.99. The fourth-order valence-electron chi connectivity index (χ4n) is 5.62. The van der Waals surface area contributed by atoms with Gasteiger partial charge in [-0.15, -0.1) is 0 Å². The Morgan fingerprint density at radius 2 is 1.14 bits per heavy atom. The Balaban J connectivity index is 1.38. The lowest BCUT2D eigenvalue weighted by Crippen LogP contribution is -2.31. The maximum absolute atomic E-state index is 13.6. The second kappa shape index (κ2) is 21.4. The molecule has 0 amide bonds. The van der Waals surface area contributed by atoms with Crippen LogP contribution in [-0.2, 0) is 59.0 Å². The first-order chi connectivity index (χ1) is 27.2. The van der Waals surface area contributed by atoms with E-state index < -0.39 is 67.2 Å². The summed E-state index contributed by atoms with van der Waals surface area (Å²) in [5.41, 5.74) is 0.136. The molecule has 0 fully saturated rings. The summed E-state index contributed by atoms with van der Waals surface area (Å²) in [6.07, 6.45) is -2.06. The summed E-state index contributed by atoms with van der Waals surface area (Å²) >= 11 is 0. The van der Waals surface area contributed by atoms with Crippen LogP contribution in [0, 0.1) is 0 Å². The molecule has 4 aromatic rings. The zero-order valence-corrected chi connectivity index (χ0v) is 32.8. The molecule has 14 heteroatoms. The van der Waals surface area contributed by atoms with Crippen molar-refractivity contribution in [2.45, 2.75) is 77.6 Å². The normalized spacial score (nSPS) is 11.7. The molecule has 14 nitrogen and oxygen atoms in total. The van der Waals surface area contributed by atoms with Crippen molar-refractivity contribution in [3.8, 4) is 11.5 Å². The van der Waals surface area contributed by atoms with Gasteiger partial charge in [0.05, 0.1) is 37.9 Å². The summed E-state index contributed by atoms with van der Waals surface area (Å²) < 4.78 is 42.7. The Morgan fingerprint density at radius 3 is 1.74 bits per heavy atom. The number of rotatable bonds is 20. The van der Waals surface area contributed by atoms with Crippen LogP contribution in [-0.4, -0.2) is 81.6 Å². The first kappa shape index (κ1) is 43.9. The molecular formula is C43H48O14. The minimum Gasteiger partial charge on any atom is -0.462 e. The summed E-state index contributed by atoms with van der Waals surface area (Å²) in [6.45, 7) is 4.62. The van der Waals surface area contributed by atoms with Gasteiger partial charge in [-0.05, 0) is 72.5 Å². The highest BCUT2D eigenvalue weighted by Crippen LogP contribution is 2.29. The van der Waals surface area contributed by atoms with E-state index in [4.69, 9.17) is 37.9 Å². The Bertz CT molecular complexity index is 1990. The first-order valence-electron chi connectivity index (χ1n) is 18.4. The molecular weight excluding hydrogens is 740 g/mol. The maximum atomic E-state index is 13.6. The van der Waals surface area contributed by atoms with Crippen molar-refractivity contribution in [3.05, 3.63) is 83.9 Å². The number of hydrogen-bond acceptors (Lipinski definition) is 14. The molecule has 1 atom stereocenters. The van der Waals surface area contributed by atoms with Gasteiger partial charge < -0.3 is 37.9 Å². The molecule has 304 valence electrons. The number of carbonyl (C=O) groups is 6. The fraction of sp³-hybridized carbons (Fsp3) is 0.395. The SMILES string of the molecule is COCCCC(=O)Oc1cc(COC)cc(OC(=O)CCC(=O)OCC(COC(=O)c2c3ccccc3cc3ccccc23)OC(=O)CCC(=O)OC(C)(C)C)c1. The van der Waals surface area contributed by atoms with E-state index in [1.165, 1.54) is 26.4 Å². The fourth-order valence-corrected chi connectivity index (χ4v) is 5.62. The lowest BCUT2D eigenvalue weighted by molar-refractivity contribution is -0.164. The van der Waals surface area contributed by atoms with Gasteiger partial charge in [0.2, 0.25) is 0 Å². The van der Waals surface area contributed by atoms with Crippen LogP contribution < -0.4 is 9.47 Å². The van der Waals surface area contributed by atoms with Crippen molar-refractivity contribution in [1.29, 1.82) is 0 Å². The Hall–Kier alpha value is -5.86. The molecule has 0 aromatic heterocycles. The van der Waals surface area contributed by atoms with Gasteiger partial charge in [-0.25, -0.2) is 4.79 Å². The van der Waals surface area contributed by atoms with Crippen molar-refractivity contribution >= 4 is 57.4 Å². The largest absolute Gasteiger partial charge is 0.462 e. The van der Waals surface area contributed by atoms with Gasteiger partial charge in [0.15, 0.2) is 6.10 Å². The van der Waals surface area contributed by atoms with Crippen LogP contribution >= 0.6 is 0 Å². The number of fused-ring (bicyclic) bond motifs is 2. The Labute approximate surface area is 330 Å². The molecule has 0 heterocycles. The number of hydrogen-bond donors (Lipinski definition) is 0. The van der Waals surface area contributed by atoms with Crippen LogP contribution in [0.5, 0.6) is 11.5 Å². The highest BCUT2D eigenvalue weighted by atomic mass is 16.6. The third kappa shape index (κ3) is 14.6. The Kier molecular flexibility index (Phi) is 16.5. The molecule has 1 unspecified atom stereocenters. The van der Waals surface area contributed by atoms with E-state index in [0.29, 0.717) is 34.9 Å².